The monoisotopic (exact) mass is 222 g/mol. The van der Waals surface area contributed by atoms with E-state index in [-0.39, 0.29) is 0 Å². The molecule has 0 aliphatic rings. The molecule has 1 rings (SSSR count). The minimum atomic E-state index is -0.592. The number of aliphatic hydroxyl groups excluding tert-OH is 1. The Hall–Kier alpha value is -0.860. The van der Waals surface area contributed by atoms with E-state index in [2.05, 4.69) is 6.07 Å². The summed E-state index contributed by atoms with van der Waals surface area (Å²) in [6, 6.07) is 6.13. The van der Waals surface area contributed by atoms with Crippen LogP contribution in [0.5, 0.6) is 0 Å². The van der Waals surface area contributed by atoms with E-state index < -0.39 is 11.7 Å². The molecule has 0 aliphatic heterocycles. The van der Waals surface area contributed by atoms with Crippen molar-refractivity contribution < 1.29 is 9.84 Å². The van der Waals surface area contributed by atoms with Gasteiger partial charge in [-0.25, -0.2) is 0 Å². The van der Waals surface area contributed by atoms with Crippen LogP contribution in [0.15, 0.2) is 18.2 Å². The molecule has 2 nitrogen and oxygen atoms in total. The summed E-state index contributed by atoms with van der Waals surface area (Å²) in [6.45, 7) is 10.5. The molecule has 90 valence electrons. The second kappa shape index (κ2) is 4.98. The molecule has 16 heavy (non-hydrogen) atoms. The van der Waals surface area contributed by atoms with Crippen molar-refractivity contribution in [2.24, 2.45) is 0 Å². The maximum Gasteiger partial charge on any atom is 0.107 e. The molecule has 1 aromatic rings. The number of hydrogen-bond donors (Lipinski definition) is 1. The summed E-state index contributed by atoms with van der Waals surface area (Å²) in [7, 11) is 0. The highest BCUT2D eigenvalue weighted by Gasteiger charge is 2.29. The van der Waals surface area contributed by atoms with Gasteiger partial charge in [-0.2, -0.15) is 0 Å². The molecule has 0 fully saturated rings. The van der Waals surface area contributed by atoms with Gasteiger partial charge in [0, 0.05) is 6.61 Å². The molecule has 1 unspecified atom stereocenters. The van der Waals surface area contributed by atoms with Gasteiger partial charge in [-0.1, -0.05) is 29.3 Å². The van der Waals surface area contributed by atoms with Crippen molar-refractivity contribution in [1.82, 2.24) is 0 Å². The Bertz CT molecular complexity index is 336. The van der Waals surface area contributed by atoms with Crippen LogP contribution in [0.4, 0.5) is 0 Å². The lowest BCUT2D eigenvalue weighted by molar-refractivity contribution is -0.0983. The lowest BCUT2D eigenvalue weighted by Gasteiger charge is -2.31. The Morgan fingerprint density at radius 3 is 2.12 bits per heavy atom. The highest BCUT2D eigenvalue weighted by atomic mass is 16.5. The molecule has 0 radical (unpaired) electrons. The van der Waals surface area contributed by atoms with E-state index in [1.807, 2.05) is 46.8 Å². The van der Waals surface area contributed by atoms with Gasteiger partial charge >= 0.3 is 0 Å². The van der Waals surface area contributed by atoms with Crippen molar-refractivity contribution >= 4 is 0 Å². The normalized spacial score (nSPS) is 13.9. The molecule has 0 aromatic heterocycles. The van der Waals surface area contributed by atoms with Gasteiger partial charge in [0.15, 0.2) is 0 Å². The van der Waals surface area contributed by atoms with Crippen LogP contribution in [0.2, 0.25) is 0 Å². The van der Waals surface area contributed by atoms with E-state index in [4.69, 9.17) is 4.74 Å². The van der Waals surface area contributed by atoms with Crippen LogP contribution in [0.1, 0.15) is 43.6 Å². The Morgan fingerprint density at radius 2 is 1.69 bits per heavy atom. The molecule has 0 saturated carbocycles. The van der Waals surface area contributed by atoms with E-state index in [0.29, 0.717) is 6.61 Å². The fourth-order valence-corrected chi connectivity index (χ4v) is 2.02. The Labute approximate surface area is 98.3 Å². The van der Waals surface area contributed by atoms with Crippen molar-refractivity contribution in [1.29, 1.82) is 0 Å². The van der Waals surface area contributed by atoms with E-state index in [1.165, 1.54) is 11.1 Å². The molecule has 2 heteroatoms. The maximum atomic E-state index is 10.3. The standard InChI is InChI=1S/C14H22O2/c1-6-16-14(4,5)13(15)12-8-10(2)7-11(3)9-12/h7-9,13,15H,6H2,1-5H3. The number of hydrogen-bond acceptors (Lipinski definition) is 2. The number of aliphatic hydroxyl groups is 1. The molecule has 1 atom stereocenters. The van der Waals surface area contributed by atoms with Gasteiger partial charge in [-0.3, -0.25) is 0 Å². The molecule has 0 amide bonds. The zero-order valence-electron chi connectivity index (χ0n) is 10.9. The lowest BCUT2D eigenvalue weighted by atomic mass is 9.92. The first-order chi connectivity index (χ1) is 7.36. The average molecular weight is 222 g/mol. The number of benzene rings is 1. The molecule has 1 aromatic carbocycles. The smallest absolute Gasteiger partial charge is 0.107 e. The van der Waals surface area contributed by atoms with E-state index in [1.54, 1.807) is 0 Å². The van der Waals surface area contributed by atoms with Crippen molar-refractivity contribution in [2.75, 3.05) is 6.61 Å². The fraction of sp³-hybridized carbons (Fsp3) is 0.571. The Kier molecular flexibility index (Phi) is 4.11. The van der Waals surface area contributed by atoms with Gasteiger partial charge in [0.1, 0.15) is 6.10 Å². The predicted octanol–water partition coefficient (Wildman–Crippen LogP) is 3.15. The third-order valence-corrected chi connectivity index (χ3v) is 2.73. The van der Waals surface area contributed by atoms with E-state index >= 15 is 0 Å². The summed E-state index contributed by atoms with van der Waals surface area (Å²) in [5, 5.41) is 10.3. The van der Waals surface area contributed by atoms with Crippen LogP contribution in [-0.2, 0) is 4.74 Å². The highest BCUT2D eigenvalue weighted by molar-refractivity contribution is 5.31. The molecular weight excluding hydrogens is 200 g/mol. The van der Waals surface area contributed by atoms with Crippen LogP contribution in [0, 0.1) is 13.8 Å². The fourth-order valence-electron chi connectivity index (χ4n) is 2.02. The molecule has 0 bridgehead atoms. The second-order valence-corrected chi connectivity index (χ2v) is 4.86. The molecular formula is C14H22O2. The summed E-state index contributed by atoms with van der Waals surface area (Å²) in [5.74, 6) is 0. The zero-order valence-corrected chi connectivity index (χ0v) is 10.9. The Balaban J connectivity index is 2.99. The van der Waals surface area contributed by atoms with Crippen LogP contribution in [-0.4, -0.2) is 17.3 Å². The highest BCUT2D eigenvalue weighted by Crippen LogP contribution is 2.29. The first-order valence-electron chi connectivity index (χ1n) is 5.77. The predicted molar refractivity (Wildman–Crippen MR) is 66.6 cm³/mol. The SMILES string of the molecule is CCOC(C)(C)C(O)c1cc(C)cc(C)c1. The van der Waals surface area contributed by atoms with E-state index in [0.717, 1.165) is 5.56 Å². The molecule has 0 saturated heterocycles. The first-order valence-corrected chi connectivity index (χ1v) is 5.77. The minimum absolute atomic E-state index is 0.547. The summed E-state index contributed by atoms with van der Waals surface area (Å²) < 4.78 is 5.58. The topological polar surface area (TPSA) is 29.5 Å². The van der Waals surface area contributed by atoms with Crippen LogP contribution in [0.3, 0.4) is 0 Å². The van der Waals surface area contributed by atoms with Crippen molar-refractivity contribution in [3.8, 4) is 0 Å². The average Bonchev–Trinajstić information content (AvgIpc) is 2.14. The Morgan fingerprint density at radius 1 is 1.19 bits per heavy atom. The maximum absolute atomic E-state index is 10.3. The van der Waals surface area contributed by atoms with Crippen LogP contribution >= 0.6 is 0 Å². The third-order valence-electron chi connectivity index (χ3n) is 2.73. The zero-order chi connectivity index (χ0) is 12.3. The van der Waals surface area contributed by atoms with Crippen molar-refractivity contribution in [3.05, 3.63) is 34.9 Å². The van der Waals surface area contributed by atoms with Gasteiger partial charge in [0.05, 0.1) is 5.60 Å². The molecule has 0 spiro atoms. The number of ether oxygens (including phenoxy) is 1. The van der Waals surface area contributed by atoms with Gasteiger partial charge in [-0.15, -0.1) is 0 Å². The summed E-state index contributed by atoms with van der Waals surface area (Å²) >= 11 is 0. The molecule has 1 N–H and O–H groups in total. The summed E-state index contributed by atoms with van der Waals surface area (Å²) in [6.07, 6.45) is -0.592. The second-order valence-electron chi connectivity index (χ2n) is 4.86. The van der Waals surface area contributed by atoms with Crippen LogP contribution < -0.4 is 0 Å². The van der Waals surface area contributed by atoms with Crippen LogP contribution in [0.25, 0.3) is 0 Å². The van der Waals surface area contributed by atoms with Gasteiger partial charge < -0.3 is 9.84 Å². The molecule has 0 aliphatic carbocycles. The summed E-state index contributed by atoms with van der Waals surface area (Å²) in [4.78, 5) is 0. The summed E-state index contributed by atoms with van der Waals surface area (Å²) in [5.41, 5.74) is 2.72. The van der Waals surface area contributed by atoms with Crippen molar-refractivity contribution in [2.45, 2.75) is 46.3 Å². The molecule has 0 heterocycles. The lowest BCUT2D eigenvalue weighted by Crippen LogP contribution is -2.32. The van der Waals surface area contributed by atoms with Gasteiger partial charge in [0.25, 0.3) is 0 Å². The van der Waals surface area contributed by atoms with Crippen molar-refractivity contribution in [3.63, 3.8) is 0 Å². The quantitative estimate of drug-likeness (QED) is 0.848. The van der Waals surface area contributed by atoms with Gasteiger partial charge in [-0.05, 0) is 40.2 Å². The van der Waals surface area contributed by atoms with Gasteiger partial charge in [0.2, 0.25) is 0 Å². The number of rotatable bonds is 4. The number of aryl methyl sites for hydroxylation is 2. The largest absolute Gasteiger partial charge is 0.385 e. The minimum Gasteiger partial charge on any atom is -0.385 e. The third kappa shape index (κ3) is 3.06. The first kappa shape index (κ1) is 13.2. The van der Waals surface area contributed by atoms with E-state index in [9.17, 15) is 5.11 Å².